The van der Waals surface area contributed by atoms with Gasteiger partial charge in [-0.15, -0.1) is 0 Å². The first-order valence-corrected chi connectivity index (χ1v) is 5.23. The lowest BCUT2D eigenvalue weighted by Gasteiger charge is -2.02. The van der Waals surface area contributed by atoms with Crippen molar-refractivity contribution in [3.63, 3.8) is 0 Å². The van der Waals surface area contributed by atoms with Crippen LogP contribution in [0, 0.1) is 0 Å². The minimum absolute atomic E-state index is 0.466. The molecule has 2 heterocycles. The minimum Gasteiger partial charge on any atom is -0.234 e. The molecule has 3 nitrogen and oxygen atoms in total. The van der Waals surface area contributed by atoms with Crippen LogP contribution in [-0.4, -0.2) is 14.8 Å². The maximum atomic E-state index is 5.95. The maximum absolute atomic E-state index is 5.95. The number of hydrogen-bond donors (Lipinski definition) is 0. The van der Waals surface area contributed by atoms with Crippen LogP contribution in [0.5, 0.6) is 0 Å². The molecule has 0 spiro atoms. The van der Waals surface area contributed by atoms with Gasteiger partial charge in [0.25, 0.3) is 0 Å². The molecular formula is C8H4BrCl2N3. The number of pyridine rings is 1. The molecule has 14 heavy (non-hydrogen) atoms. The molecule has 0 saturated heterocycles. The third kappa shape index (κ3) is 1.92. The van der Waals surface area contributed by atoms with Gasteiger partial charge in [0, 0.05) is 12.4 Å². The fourth-order valence-electron chi connectivity index (χ4n) is 0.993. The molecule has 0 N–H and O–H groups in total. The molecule has 0 aliphatic carbocycles. The van der Waals surface area contributed by atoms with Crippen LogP contribution >= 0.6 is 39.1 Å². The van der Waals surface area contributed by atoms with Crippen LogP contribution in [0.4, 0.5) is 0 Å². The smallest absolute Gasteiger partial charge is 0.172 e. The monoisotopic (exact) mass is 291 g/mol. The minimum atomic E-state index is 0.466. The third-order valence-electron chi connectivity index (χ3n) is 1.56. The fourth-order valence-corrected chi connectivity index (χ4v) is 1.74. The van der Waals surface area contributed by atoms with E-state index in [1.807, 2.05) is 0 Å². The number of aromatic nitrogens is 3. The van der Waals surface area contributed by atoms with Gasteiger partial charge in [-0.05, 0) is 22.0 Å². The second kappa shape index (κ2) is 3.88. The Kier molecular flexibility index (Phi) is 2.76. The van der Waals surface area contributed by atoms with Crippen LogP contribution in [-0.2, 0) is 0 Å². The highest BCUT2D eigenvalue weighted by atomic mass is 79.9. The topological polar surface area (TPSA) is 30.7 Å². The Labute approximate surface area is 98.8 Å². The van der Waals surface area contributed by atoms with Crippen LogP contribution in [0.25, 0.3) is 5.82 Å². The van der Waals surface area contributed by atoms with Crippen molar-refractivity contribution in [1.82, 2.24) is 14.8 Å². The van der Waals surface area contributed by atoms with Gasteiger partial charge in [-0.25, -0.2) is 9.67 Å². The van der Waals surface area contributed by atoms with Crippen molar-refractivity contribution in [3.8, 4) is 5.82 Å². The zero-order valence-corrected chi connectivity index (χ0v) is 9.88. The summed E-state index contributed by atoms with van der Waals surface area (Å²) >= 11 is 15.0. The summed E-state index contributed by atoms with van der Waals surface area (Å²) in [5, 5.41) is 5.03. The van der Waals surface area contributed by atoms with Crippen molar-refractivity contribution in [2.24, 2.45) is 0 Å². The number of halogens is 3. The molecule has 0 unspecified atom stereocenters. The summed E-state index contributed by atoms with van der Waals surface area (Å²) in [4.78, 5) is 4.08. The Hall–Kier alpha value is -0.580. The van der Waals surface area contributed by atoms with E-state index in [4.69, 9.17) is 23.2 Å². The first kappa shape index (κ1) is 9.96. The number of hydrogen-bond acceptors (Lipinski definition) is 2. The molecule has 2 rings (SSSR count). The van der Waals surface area contributed by atoms with Crippen molar-refractivity contribution < 1.29 is 0 Å². The van der Waals surface area contributed by atoms with Gasteiger partial charge in [0.1, 0.15) is 0 Å². The molecule has 0 aliphatic rings. The van der Waals surface area contributed by atoms with Gasteiger partial charge in [-0.1, -0.05) is 23.2 Å². The molecule has 0 radical (unpaired) electrons. The van der Waals surface area contributed by atoms with Crippen molar-refractivity contribution in [2.45, 2.75) is 0 Å². The summed E-state index contributed by atoms with van der Waals surface area (Å²) < 4.78 is 2.44. The second-order valence-electron chi connectivity index (χ2n) is 2.56. The van der Waals surface area contributed by atoms with Crippen molar-refractivity contribution in [3.05, 3.63) is 39.2 Å². The van der Waals surface area contributed by atoms with E-state index in [9.17, 15) is 0 Å². The number of rotatable bonds is 1. The molecule has 0 amide bonds. The lowest BCUT2D eigenvalue weighted by Crippen LogP contribution is -1.98. The zero-order chi connectivity index (χ0) is 10.1. The average molecular weight is 293 g/mol. The van der Waals surface area contributed by atoms with Gasteiger partial charge < -0.3 is 0 Å². The molecule has 0 saturated carbocycles. The molecule has 6 heteroatoms. The molecule has 2 aromatic rings. The number of nitrogens with zero attached hydrogens (tertiary/aromatic N) is 3. The van der Waals surface area contributed by atoms with Crippen LogP contribution < -0.4 is 0 Å². The molecule has 0 bridgehead atoms. The van der Waals surface area contributed by atoms with E-state index in [0.29, 0.717) is 15.9 Å². The van der Waals surface area contributed by atoms with Crippen molar-refractivity contribution >= 4 is 39.1 Å². The van der Waals surface area contributed by atoms with Crippen molar-refractivity contribution in [2.75, 3.05) is 0 Å². The Bertz CT molecular complexity index is 469. The predicted molar refractivity (Wildman–Crippen MR) is 59.1 cm³/mol. The zero-order valence-electron chi connectivity index (χ0n) is 6.78. The Morgan fingerprint density at radius 3 is 2.64 bits per heavy atom. The second-order valence-corrected chi connectivity index (χ2v) is 4.32. The quantitative estimate of drug-likeness (QED) is 0.807. The molecule has 72 valence electrons. The first-order chi connectivity index (χ1) is 6.66. The van der Waals surface area contributed by atoms with E-state index in [0.717, 1.165) is 4.47 Å². The summed E-state index contributed by atoms with van der Waals surface area (Å²) in [6.45, 7) is 0. The van der Waals surface area contributed by atoms with E-state index in [1.165, 1.54) is 6.20 Å². The fraction of sp³-hybridized carbons (Fsp3) is 0. The lowest BCUT2D eigenvalue weighted by molar-refractivity contribution is 0.847. The molecular weight excluding hydrogens is 289 g/mol. The molecule has 0 fully saturated rings. The van der Waals surface area contributed by atoms with Crippen LogP contribution in [0.1, 0.15) is 0 Å². The molecule has 0 aromatic carbocycles. The highest BCUT2D eigenvalue weighted by molar-refractivity contribution is 9.10. The van der Waals surface area contributed by atoms with E-state index >= 15 is 0 Å². The first-order valence-electron chi connectivity index (χ1n) is 3.68. The van der Waals surface area contributed by atoms with E-state index < -0.39 is 0 Å². The Morgan fingerprint density at radius 1 is 1.29 bits per heavy atom. The van der Waals surface area contributed by atoms with Gasteiger partial charge >= 0.3 is 0 Å². The standard InChI is InChI=1S/C8H4BrCl2N3/c9-5-2-13-14(4-5)8-7(11)1-6(10)3-12-8/h1-4H. The predicted octanol–water partition coefficient (Wildman–Crippen LogP) is 3.34. The maximum Gasteiger partial charge on any atom is 0.172 e. The van der Waals surface area contributed by atoms with Crippen LogP contribution in [0.2, 0.25) is 10.0 Å². The largest absolute Gasteiger partial charge is 0.234 e. The van der Waals surface area contributed by atoms with Gasteiger partial charge in [0.05, 0.1) is 20.7 Å². The molecule has 0 aliphatic heterocycles. The summed E-state index contributed by atoms with van der Waals surface area (Å²) in [5.41, 5.74) is 0. The van der Waals surface area contributed by atoms with Gasteiger partial charge in [0.2, 0.25) is 0 Å². The van der Waals surface area contributed by atoms with E-state index in [1.54, 1.807) is 23.1 Å². The lowest BCUT2D eigenvalue weighted by atomic mass is 10.4. The third-order valence-corrected chi connectivity index (χ3v) is 2.45. The summed E-state index contributed by atoms with van der Waals surface area (Å²) in [5.74, 6) is 0.557. The normalized spacial score (nSPS) is 10.5. The Morgan fingerprint density at radius 2 is 2.07 bits per heavy atom. The SMILES string of the molecule is Clc1cnc(-n2cc(Br)cn2)c(Cl)c1. The van der Waals surface area contributed by atoms with Crippen molar-refractivity contribution in [1.29, 1.82) is 0 Å². The van der Waals surface area contributed by atoms with Gasteiger partial charge in [-0.2, -0.15) is 5.10 Å². The summed E-state index contributed by atoms with van der Waals surface area (Å²) in [6.07, 6.45) is 4.95. The summed E-state index contributed by atoms with van der Waals surface area (Å²) in [6, 6.07) is 1.63. The summed E-state index contributed by atoms with van der Waals surface area (Å²) in [7, 11) is 0. The van der Waals surface area contributed by atoms with Crippen LogP contribution in [0.3, 0.4) is 0 Å². The van der Waals surface area contributed by atoms with Crippen LogP contribution in [0.15, 0.2) is 29.1 Å². The molecule has 0 atom stereocenters. The highest BCUT2D eigenvalue weighted by Crippen LogP contribution is 2.22. The van der Waals surface area contributed by atoms with Gasteiger partial charge in [0.15, 0.2) is 5.82 Å². The molecule has 2 aromatic heterocycles. The van der Waals surface area contributed by atoms with E-state index in [2.05, 4.69) is 26.0 Å². The van der Waals surface area contributed by atoms with Gasteiger partial charge in [-0.3, -0.25) is 0 Å². The average Bonchev–Trinajstić information content (AvgIpc) is 2.51. The highest BCUT2D eigenvalue weighted by Gasteiger charge is 2.06. The van der Waals surface area contributed by atoms with E-state index in [-0.39, 0.29) is 0 Å². The Balaban J connectivity index is 2.52.